The fourth-order valence-electron chi connectivity index (χ4n) is 1.36. The largest absolute Gasteiger partial charge is 0.486 e. The van der Waals surface area contributed by atoms with Crippen LogP contribution in [0.3, 0.4) is 0 Å². The minimum absolute atomic E-state index is 0.332. The van der Waals surface area contributed by atoms with Gasteiger partial charge in [0.2, 0.25) is 0 Å². The van der Waals surface area contributed by atoms with Crippen LogP contribution in [0.1, 0.15) is 11.3 Å². The van der Waals surface area contributed by atoms with Crippen LogP contribution in [-0.4, -0.2) is 16.5 Å². The lowest BCUT2D eigenvalue weighted by Crippen LogP contribution is -1.98. The van der Waals surface area contributed by atoms with Gasteiger partial charge in [-0.15, -0.1) is 0 Å². The van der Waals surface area contributed by atoms with Gasteiger partial charge in [0.25, 0.3) is 0 Å². The van der Waals surface area contributed by atoms with Crippen molar-refractivity contribution in [1.29, 1.82) is 0 Å². The Labute approximate surface area is 106 Å². The third-order valence-electron chi connectivity index (χ3n) is 2.16. The summed E-state index contributed by atoms with van der Waals surface area (Å²) in [5.41, 5.74) is 6.98. The highest BCUT2D eigenvalue weighted by Crippen LogP contribution is 2.12. The predicted molar refractivity (Wildman–Crippen MR) is 68.7 cm³/mol. The maximum Gasteiger partial charge on any atom is 0.139 e. The lowest BCUT2D eigenvalue weighted by atomic mass is 10.3. The molecule has 0 saturated heterocycles. The Kier molecular flexibility index (Phi) is 4.28. The Balaban J connectivity index is 2.01. The number of hydrogen-bond donors (Lipinski definition) is 1. The summed E-state index contributed by atoms with van der Waals surface area (Å²) >= 11 is 0. The van der Waals surface area contributed by atoms with E-state index >= 15 is 0 Å². The molecule has 0 aliphatic heterocycles. The molecule has 2 rings (SSSR count). The third-order valence-corrected chi connectivity index (χ3v) is 2.16. The topological polar surface area (TPSA) is 61.0 Å². The summed E-state index contributed by atoms with van der Waals surface area (Å²) in [5, 5.41) is 0. The van der Waals surface area contributed by atoms with Gasteiger partial charge < -0.3 is 10.5 Å². The quantitative estimate of drug-likeness (QED) is 0.822. The van der Waals surface area contributed by atoms with Crippen LogP contribution in [0, 0.1) is 11.8 Å². The number of aromatic nitrogens is 2. The normalized spacial score (nSPS) is 9.39. The maximum atomic E-state index is 5.59. The molecule has 2 heterocycles. The van der Waals surface area contributed by atoms with Crippen LogP contribution in [0.2, 0.25) is 0 Å². The molecule has 2 N–H and O–H groups in total. The van der Waals surface area contributed by atoms with Gasteiger partial charge in [-0.2, -0.15) is 0 Å². The third kappa shape index (κ3) is 3.58. The van der Waals surface area contributed by atoms with Gasteiger partial charge in [-0.1, -0.05) is 17.9 Å². The highest BCUT2D eigenvalue weighted by molar-refractivity contribution is 5.36. The maximum absolute atomic E-state index is 5.59. The van der Waals surface area contributed by atoms with Crippen LogP contribution in [0.5, 0.6) is 5.75 Å². The summed E-state index contributed by atoms with van der Waals surface area (Å²) in [6, 6.07) is 7.53. The number of nitrogens with two attached hydrogens (primary N) is 1. The van der Waals surface area contributed by atoms with E-state index < -0.39 is 0 Å². The zero-order chi connectivity index (χ0) is 12.6. The molecular weight excluding hydrogens is 226 g/mol. The lowest BCUT2D eigenvalue weighted by molar-refractivity contribution is 0.300. The Morgan fingerprint density at radius 2 is 2.22 bits per heavy atom. The molecule has 0 saturated carbocycles. The van der Waals surface area contributed by atoms with Gasteiger partial charge >= 0.3 is 0 Å². The van der Waals surface area contributed by atoms with E-state index in [-0.39, 0.29) is 0 Å². The molecular formula is C14H13N3O. The highest BCUT2D eigenvalue weighted by Gasteiger charge is 1.98. The predicted octanol–water partition coefficient (Wildman–Crippen LogP) is 1.37. The van der Waals surface area contributed by atoms with Gasteiger partial charge in [0.15, 0.2) is 0 Å². The van der Waals surface area contributed by atoms with Crippen LogP contribution >= 0.6 is 0 Å². The van der Waals surface area contributed by atoms with Gasteiger partial charge in [-0.25, -0.2) is 0 Å². The molecule has 18 heavy (non-hydrogen) atoms. The molecule has 0 aliphatic rings. The van der Waals surface area contributed by atoms with Crippen molar-refractivity contribution in [2.24, 2.45) is 5.73 Å². The fraction of sp³-hybridized carbons (Fsp3) is 0.143. The number of pyridine rings is 2. The smallest absolute Gasteiger partial charge is 0.139 e. The van der Waals surface area contributed by atoms with Gasteiger partial charge in [0.1, 0.15) is 12.4 Å². The Bertz CT molecular complexity index is 558. The molecule has 0 atom stereocenters. The Morgan fingerprint density at radius 1 is 1.28 bits per heavy atom. The molecule has 0 amide bonds. The van der Waals surface area contributed by atoms with Crippen LogP contribution in [0.15, 0.2) is 42.9 Å². The van der Waals surface area contributed by atoms with Crippen molar-refractivity contribution < 1.29 is 4.74 Å². The molecule has 0 bridgehead atoms. The number of rotatable bonds is 3. The van der Waals surface area contributed by atoms with E-state index in [2.05, 4.69) is 21.8 Å². The standard InChI is InChI=1S/C14H13N3O/c15-6-3-4-12-8-14(10-16-9-12)18-11-13-5-1-2-7-17-13/h1-2,5,7-10H,6,11,15H2. The zero-order valence-electron chi connectivity index (χ0n) is 9.84. The van der Waals surface area contributed by atoms with Gasteiger partial charge in [0, 0.05) is 18.0 Å². The molecule has 0 fully saturated rings. The summed E-state index contributed by atoms with van der Waals surface area (Å²) < 4.78 is 5.59. The molecule has 4 heteroatoms. The zero-order valence-corrected chi connectivity index (χ0v) is 9.84. The van der Waals surface area contributed by atoms with Crippen molar-refractivity contribution in [3.63, 3.8) is 0 Å². The van der Waals surface area contributed by atoms with E-state index in [1.54, 1.807) is 18.6 Å². The van der Waals surface area contributed by atoms with Gasteiger partial charge in [-0.05, 0) is 18.2 Å². The van der Waals surface area contributed by atoms with Gasteiger partial charge in [-0.3, -0.25) is 9.97 Å². The Hall–Kier alpha value is -2.38. The fourth-order valence-corrected chi connectivity index (χ4v) is 1.36. The van der Waals surface area contributed by atoms with Crippen molar-refractivity contribution >= 4 is 0 Å². The first-order valence-electron chi connectivity index (χ1n) is 5.55. The number of ether oxygens (including phenoxy) is 1. The molecule has 90 valence electrons. The molecule has 0 spiro atoms. The summed E-state index contributed by atoms with van der Waals surface area (Å²) in [5.74, 6) is 6.36. The summed E-state index contributed by atoms with van der Waals surface area (Å²) in [7, 11) is 0. The lowest BCUT2D eigenvalue weighted by Gasteiger charge is -2.05. The van der Waals surface area contributed by atoms with Crippen molar-refractivity contribution in [3.8, 4) is 17.6 Å². The number of hydrogen-bond acceptors (Lipinski definition) is 4. The van der Waals surface area contributed by atoms with E-state index in [0.29, 0.717) is 18.9 Å². The highest BCUT2D eigenvalue weighted by atomic mass is 16.5. The summed E-state index contributed by atoms with van der Waals surface area (Å²) in [4.78, 5) is 8.24. The number of nitrogens with zero attached hydrogens (tertiary/aromatic N) is 2. The molecule has 0 unspecified atom stereocenters. The molecule has 2 aromatic rings. The molecule has 0 aliphatic carbocycles. The van der Waals surface area contributed by atoms with E-state index in [1.165, 1.54) is 0 Å². The van der Waals surface area contributed by atoms with E-state index in [1.807, 2.05) is 24.3 Å². The van der Waals surface area contributed by atoms with Crippen molar-refractivity contribution in [2.45, 2.75) is 6.61 Å². The van der Waals surface area contributed by atoms with Crippen LogP contribution in [0.4, 0.5) is 0 Å². The second-order valence-electron chi connectivity index (χ2n) is 3.52. The molecule has 0 aromatic carbocycles. The first kappa shape index (κ1) is 12.1. The molecule has 4 nitrogen and oxygen atoms in total. The first-order valence-corrected chi connectivity index (χ1v) is 5.55. The van der Waals surface area contributed by atoms with E-state index in [0.717, 1.165) is 11.3 Å². The van der Waals surface area contributed by atoms with Crippen LogP contribution < -0.4 is 10.5 Å². The van der Waals surface area contributed by atoms with Crippen LogP contribution in [-0.2, 0) is 6.61 Å². The average molecular weight is 239 g/mol. The van der Waals surface area contributed by atoms with E-state index in [4.69, 9.17) is 10.5 Å². The van der Waals surface area contributed by atoms with E-state index in [9.17, 15) is 0 Å². The SMILES string of the molecule is NCC#Cc1cncc(OCc2ccccn2)c1. The van der Waals surface area contributed by atoms with Crippen molar-refractivity contribution in [3.05, 3.63) is 54.1 Å². The van der Waals surface area contributed by atoms with Gasteiger partial charge in [0.05, 0.1) is 18.4 Å². The molecule has 0 radical (unpaired) electrons. The minimum Gasteiger partial charge on any atom is -0.486 e. The van der Waals surface area contributed by atoms with Crippen LogP contribution in [0.25, 0.3) is 0 Å². The average Bonchev–Trinajstić information content (AvgIpc) is 2.44. The first-order chi connectivity index (χ1) is 8.88. The summed E-state index contributed by atoms with van der Waals surface area (Å²) in [6.07, 6.45) is 5.06. The Morgan fingerprint density at radius 3 is 3.00 bits per heavy atom. The monoisotopic (exact) mass is 239 g/mol. The molecule has 2 aromatic heterocycles. The van der Waals surface area contributed by atoms with Crippen molar-refractivity contribution in [1.82, 2.24) is 9.97 Å². The second-order valence-corrected chi connectivity index (χ2v) is 3.52. The second kappa shape index (κ2) is 6.38. The van der Waals surface area contributed by atoms with Crippen molar-refractivity contribution in [2.75, 3.05) is 6.54 Å². The summed E-state index contributed by atoms with van der Waals surface area (Å²) in [6.45, 7) is 0.745. The minimum atomic E-state index is 0.332.